The van der Waals surface area contributed by atoms with Crippen molar-refractivity contribution in [2.45, 2.75) is 6.92 Å². The van der Waals surface area contributed by atoms with Crippen LogP contribution in [0, 0.1) is 6.92 Å². The molecular formula is C16H17ClN2O3. The number of nitrogens with two attached hydrogens (primary N) is 1. The number of amides is 1. The van der Waals surface area contributed by atoms with Crippen molar-refractivity contribution in [2.75, 3.05) is 24.8 Å². The summed E-state index contributed by atoms with van der Waals surface area (Å²) in [4.78, 5) is 11.9. The molecule has 0 unspecified atom stereocenters. The van der Waals surface area contributed by atoms with E-state index in [2.05, 4.69) is 5.32 Å². The lowest BCUT2D eigenvalue weighted by Gasteiger charge is -2.11. The number of methoxy groups -OCH3 is 1. The largest absolute Gasteiger partial charge is 0.497 e. The minimum Gasteiger partial charge on any atom is -0.497 e. The van der Waals surface area contributed by atoms with Gasteiger partial charge < -0.3 is 20.5 Å². The summed E-state index contributed by atoms with van der Waals surface area (Å²) in [5.41, 5.74) is 7.67. The van der Waals surface area contributed by atoms with Crippen molar-refractivity contribution >= 4 is 28.9 Å². The molecule has 22 heavy (non-hydrogen) atoms. The van der Waals surface area contributed by atoms with E-state index in [1.165, 1.54) is 0 Å². The summed E-state index contributed by atoms with van der Waals surface area (Å²) in [6.07, 6.45) is 0. The van der Waals surface area contributed by atoms with Crippen LogP contribution < -0.4 is 20.5 Å². The van der Waals surface area contributed by atoms with Crippen molar-refractivity contribution in [3.63, 3.8) is 0 Å². The van der Waals surface area contributed by atoms with Gasteiger partial charge in [-0.2, -0.15) is 0 Å². The Balaban J connectivity index is 1.94. The van der Waals surface area contributed by atoms with Crippen LogP contribution in [0.4, 0.5) is 11.4 Å². The molecule has 0 aliphatic rings. The lowest BCUT2D eigenvalue weighted by atomic mass is 10.2. The minimum absolute atomic E-state index is 0.119. The highest BCUT2D eigenvalue weighted by atomic mass is 35.5. The number of hydrogen-bond acceptors (Lipinski definition) is 4. The van der Waals surface area contributed by atoms with Crippen LogP contribution in [0.5, 0.6) is 11.5 Å². The number of anilines is 2. The van der Waals surface area contributed by atoms with Gasteiger partial charge in [0.05, 0.1) is 18.5 Å². The van der Waals surface area contributed by atoms with Gasteiger partial charge in [0.2, 0.25) is 0 Å². The topological polar surface area (TPSA) is 73.6 Å². The van der Waals surface area contributed by atoms with E-state index in [1.54, 1.807) is 43.5 Å². The Labute approximate surface area is 134 Å². The maximum atomic E-state index is 11.9. The van der Waals surface area contributed by atoms with Crippen molar-refractivity contribution in [3.8, 4) is 11.5 Å². The molecule has 1 amide bonds. The zero-order chi connectivity index (χ0) is 16.1. The van der Waals surface area contributed by atoms with Gasteiger partial charge in [-0.1, -0.05) is 11.6 Å². The highest BCUT2D eigenvalue weighted by Crippen LogP contribution is 2.24. The summed E-state index contributed by atoms with van der Waals surface area (Å²) in [7, 11) is 1.55. The standard InChI is InChI=1S/C16H17ClN2O3/c1-10-7-12(3-5-13(10)17)22-9-16(20)19-15-6-4-11(21-2)8-14(15)18/h3-8H,9,18H2,1-2H3,(H,19,20). The third kappa shape index (κ3) is 4.05. The van der Waals surface area contributed by atoms with Crippen LogP contribution in [-0.4, -0.2) is 19.6 Å². The molecule has 0 aliphatic carbocycles. The SMILES string of the molecule is COc1ccc(NC(=O)COc2ccc(Cl)c(C)c2)c(N)c1. The van der Waals surface area contributed by atoms with E-state index >= 15 is 0 Å². The Morgan fingerprint density at radius 3 is 2.59 bits per heavy atom. The Morgan fingerprint density at radius 1 is 1.23 bits per heavy atom. The Morgan fingerprint density at radius 2 is 1.95 bits per heavy atom. The molecule has 0 heterocycles. The first-order valence-corrected chi connectivity index (χ1v) is 6.99. The molecule has 0 atom stereocenters. The molecule has 2 aromatic rings. The van der Waals surface area contributed by atoms with Crippen LogP contribution >= 0.6 is 11.6 Å². The van der Waals surface area contributed by atoms with Crippen molar-refractivity contribution in [2.24, 2.45) is 0 Å². The van der Waals surface area contributed by atoms with E-state index in [0.717, 1.165) is 5.56 Å². The predicted octanol–water partition coefficient (Wildman–Crippen LogP) is 3.26. The van der Waals surface area contributed by atoms with Crippen LogP contribution in [0.1, 0.15) is 5.56 Å². The van der Waals surface area contributed by atoms with Gasteiger partial charge in [-0.05, 0) is 42.8 Å². The van der Waals surface area contributed by atoms with Gasteiger partial charge in [-0.3, -0.25) is 4.79 Å². The number of carbonyl (C=O) groups excluding carboxylic acids is 1. The number of carbonyl (C=O) groups is 1. The molecule has 5 nitrogen and oxygen atoms in total. The van der Waals surface area contributed by atoms with Gasteiger partial charge >= 0.3 is 0 Å². The molecule has 0 aromatic heterocycles. The lowest BCUT2D eigenvalue weighted by Crippen LogP contribution is -2.20. The summed E-state index contributed by atoms with van der Waals surface area (Å²) < 4.78 is 10.5. The zero-order valence-corrected chi connectivity index (χ0v) is 13.1. The van der Waals surface area contributed by atoms with E-state index in [-0.39, 0.29) is 12.5 Å². The van der Waals surface area contributed by atoms with Gasteiger partial charge in [0.15, 0.2) is 6.61 Å². The van der Waals surface area contributed by atoms with Gasteiger partial charge in [0.1, 0.15) is 11.5 Å². The molecule has 6 heteroatoms. The second-order valence-electron chi connectivity index (χ2n) is 4.70. The maximum Gasteiger partial charge on any atom is 0.262 e. The molecule has 116 valence electrons. The third-order valence-corrected chi connectivity index (χ3v) is 3.46. The number of nitrogen functional groups attached to an aromatic ring is 1. The fraction of sp³-hybridized carbons (Fsp3) is 0.188. The van der Waals surface area contributed by atoms with Crippen LogP contribution in [-0.2, 0) is 4.79 Å². The fourth-order valence-electron chi connectivity index (χ4n) is 1.82. The third-order valence-electron chi connectivity index (χ3n) is 3.03. The van der Waals surface area contributed by atoms with Gasteiger partial charge in [0.25, 0.3) is 5.91 Å². The molecule has 2 rings (SSSR count). The molecule has 0 aliphatic heterocycles. The molecule has 0 radical (unpaired) electrons. The Kier molecular flexibility index (Phi) is 5.12. The van der Waals surface area contributed by atoms with Crippen LogP contribution in [0.2, 0.25) is 5.02 Å². The number of halogens is 1. The predicted molar refractivity (Wildman–Crippen MR) is 87.7 cm³/mol. The minimum atomic E-state index is -0.301. The van der Waals surface area contributed by atoms with Gasteiger partial charge in [-0.25, -0.2) is 0 Å². The molecule has 0 fully saturated rings. The van der Waals surface area contributed by atoms with Crippen molar-refractivity contribution in [3.05, 3.63) is 47.0 Å². The average molecular weight is 321 g/mol. The van der Waals surface area contributed by atoms with Crippen LogP contribution in [0.15, 0.2) is 36.4 Å². The first kappa shape index (κ1) is 16.0. The van der Waals surface area contributed by atoms with Crippen LogP contribution in [0.3, 0.4) is 0 Å². The van der Waals surface area contributed by atoms with Gasteiger partial charge in [0, 0.05) is 11.1 Å². The quantitative estimate of drug-likeness (QED) is 0.829. The second-order valence-corrected chi connectivity index (χ2v) is 5.11. The van der Waals surface area contributed by atoms with E-state index in [4.69, 9.17) is 26.8 Å². The maximum absolute atomic E-state index is 11.9. The molecular weight excluding hydrogens is 304 g/mol. The number of hydrogen-bond donors (Lipinski definition) is 2. The number of aryl methyl sites for hydroxylation is 1. The van der Waals surface area contributed by atoms with Crippen molar-refractivity contribution < 1.29 is 14.3 Å². The highest BCUT2D eigenvalue weighted by molar-refractivity contribution is 6.31. The average Bonchev–Trinajstić information content (AvgIpc) is 2.50. The molecule has 0 saturated heterocycles. The van der Waals surface area contributed by atoms with Crippen molar-refractivity contribution in [1.29, 1.82) is 0 Å². The van der Waals surface area contributed by atoms with E-state index < -0.39 is 0 Å². The number of rotatable bonds is 5. The number of ether oxygens (including phenoxy) is 2. The first-order valence-electron chi connectivity index (χ1n) is 6.62. The fourth-order valence-corrected chi connectivity index (χ4v) is 1.94. The molecule has 0 spiro atoms. The molecule has 0 bridgehead atoms. The summed E-state index contributed by atoms with van der Waals surface area (Å²) in [6, 6.07) is 10.3. The van der Waals surface area contributed by atoms with Crippen molar-refractivity contribution in [1.82, 2.24) is 0 Å². The Hall–Kier alpha value is -2.40. The monoisotopic (exact) mass is 320 g/mol. The summed E-state index contributed by atoms with van der Waals surface area (Å²) in [5, 5.41) is 3.34. The van der Waals surface area contributed by atoms with E-state index in [1.807, 2.05) is 6.92 Å². The zero-order valence-electron chi connectivity index (χ0n) is 12.4. The van der Waals surface area contributed by atoms with E-state index in [0.29, 0.717) is 27.9 Å². The second kappa shape index (κ2) is 7.04. The van der Waals surface area contributed by atoms with Gasteiger partial charge in [-0.15, -0.1) is 0 Å². The highest BCUT2D eigenvalue weighted by Gasteiger charge is 2.08. The number of benzene rings is 2. The van der Waals surface area contributed by atoms with E-state index in [9.17, 15) is 4.79 Å². The number of nitrogens with one attached hydrogen (secondary N) is 1. The summed E-state index contributed by atoms with van der Waals surface area (Å²) >= 11 is 5.93. The summed E-state index contributed by atoms with van der Waals surface area (Å²) in [6.45, 7) is 1.75. The molecule has 2 aromatic carbocycles. The Bertz CT molecular complexity index is 689. The summed E-state index contributed by atoms with van der Waals surface area (Å²) in [5.74, 6) is 0.910. The molecule has 0 saturated carbocycles. The smallest absolute Gasteiger partial charge is 0.262 e. The lowest BCUT2D eigenvalue weighted by molar-refractivity contribution is -0.118. The normalized spacial score (nSPS) is 10.1. The first-order chi connectivity index (χ1) is 10.5. The van der Waals surface area contributed by atoms with Crippen LogP contribution in [0.25, 0.3) is 0 Å². The molecule has 3 N–H and O–H groups in total.